The number of rotatable bonds is 9. The van der Waals surface area contributed by atoms with Gasteiger partial charge < -0.3 is 26.7 Å². The lowest BCUT2D eigenvalue weighted by molar-refractivity contribution is 0.224. The van der Waals surface area contributed by atoms with Gasteiger partial charge in [-0.1, -0.05) is 72.8 Å². The summed E-state index contributed by atoms with van der Waals surface area (Å²) in [5.74, 6) is 1.34. The molecule has 0 unspecified atom stereocenters. The summed E-state index contributed by atoms with van der Waals surface area (Å²) in [6.07, 6.45) is 1.98. The van der Waals surface area contributed by atoms with Crippen LogP contribution >= 0.6 is 0 Å². The van der Waals surface area contributed by atoms with Crippen molar-refractivity contribution in [2.24, 2.45) is 0 Å². The molecule has 4 rings (SSSR count). The fourth-order valence-electron chi connectivity index (χ4n) is 3.86. The SMILES string of the molecule is CCOC(/C=C(/OCC)N(c1ccccc1)c1ccccc1)=[N+](c1ccccc1)c1ccccc1.F[B-](F)(F)F. The molecule has 0 spiro atoms. The molecule has 0 amide bonds. The van der Waals surface area contributed by atoms with E-state index >= 15 is 0 Å². The Morgan fingerprint density at radius 3 is 1.32 bits per heavy atom. The van der Waals surface area contributed by atoms with E-state index < -0.39 is 7.25 Å². The van der Waals surface area contributed by atoms with Crippen LogP contribution in [0.5, 0.6) is 0 Å². The summed E-state index contributed by atoms with van der Waals surface area (Å²) in [6.45, 7) is 5.01. The predicted molar refractivity (Wildman–Crippen MR) is 156 cm³/mol. The Balaban J connectivity index is 0.000000810. The van der Waals surface area contributed by atoms with Crippen molar-refractivity contribution >= 4 is 35.9 Å². The van der Waals surface area contributed by atoms with Gasteiger partial charge in [-0.25, -0.2) is 0 Å². The molecule has 4 aromatic rings. The average Bonchev–Trinajstić information content (AvgIpc) is 2.95. The van der Waals surface area contributed by atoms with Crippen LogP contribution < -0.4 is 9.48 Å². The lowest BCUT2D eigenvalue weighted by Crippen LogP contribution is -2.24. The van der Waals surface area contributed by atoms with Gasteiger partial charge in [-0.3, -0.25) is 4.90 Å². The Morgan fingerprint density at radius 1 is 0.625 bits per heavy atom. The highest BCUT2D eigenvalue weighted by Crippen LogP contribution is 2.31. The van der Waals surface area contributed by atoms with E-state index in [1.165, 1.54) is 0 Å². The van der Waals surface area contributed by atoms with Crippen molar-refractivity contribution in [3.63, 3.8) is 0 Å². The summed E-state index contributed by atoms with van der Waals surface area (Å²) in [5.41, 5.74) is 4.00. The molecular weight excluding hydrogens is 519 g/mol. The molecule has 0 saturated heterocycles. The van der Waals surface area contributed by atoms with Gasteiger partial charge in [-0.05, 0) is 38.1 Å². The molecule has 0 aromatic heterocycles. The van der Waals surface area contributed by atoms with Crippen molar-refractivity contribution in [1.29, 1.82) is 0 Å². The van der Waals surface area contributed by atoms with Crippen LogP contribution in [0, 0.1) is 0 Å². The van der Waals surface area contributed by atoms with Crippen LogP contribution in [0.4, 0.5) is 40.0 Å². The summed E-state index contributed by atoms with van der Waals surface area (Å²) >= 11 is 0. The third kappa shape index (κ3) is 9.34. The molecule has 0 radical (unpaired) electrons. The molecule has 208 valence electrons. The molecule has 0 N–H and O–H groups in total. The molecule has 0 aliphatic carbocycles. The number of nitrogens with zero attached hydrogens (tertiary/aromatic N) is 2. The van der Waals surface area contributed by atoms with Gasteiger partial charge in [-0.15, -0.1) is 4.58 Å². The maximum absolute atomic E-state index is 9.75. The lowest BCUT2D eigenvalue weighted by Gasteiger charge is -2.27. The van der Waals surface area contributed by atoms with E-state index in [1.54, 1.807) is 0 Å². The molecule has 4 nitrogen and oxygen atoms in total. The van der Waals surface area contributed by atoms with Crippen LogP contribution in [0.3, 0.4) is 0 Å². The van der Waals surface area contributed by atoms with Gasteiger partial charge in [-0.2, -0.15) is 0 Å². The third-order valence-corrected chi connectivity index (χ3v) is 5.33. The molecule has 40 heavy (non-hydrogen) atoms. The van der Waals surface area contributed by atoms with Crippen LogP contribution in [0.25, 0.3) is 0 Å². The number of halogens is 4. The van der Waals surface area contributed by atoms with Crippen molar-refractivity contribution in [3.05, 3.63) is 133 Å². The van der Waals surface area contributed by atoms with Crippen LogP contribution in [0.15, 0.2) is 133 Å². The van der Waals surface area contributed by atoms with E-state index in [0.717, 1.165) is 22.7 Å². The summed E-state index contributed by atoms with van der Waals surface area (Å²) in [6, 6.07) is 40.9. The summed E-state index contributed by atoms with van der Waals surface area (Å²) in [5, 5.41) is 0. The molecule has 9 heteroatoms. The van der Waals surface area contributed by atoms with E-state index in [4.69, 9.17) is 9.47 Å². The van der Waals surface area contributed by atoms with E-state index in [1.807, 2.05) is 92.7 Å². The maximum atomic E-state index is 9.75. The van der Waals surface area contributed by atoms with Crippen molar-refractivity contribution < 1.29 is 26.7 Å². The highest BCUT2D eigenvalue weighted by atomic mass is 19.5. The molecule has 0 bridgehead atoms. The van der Waals surface area contributed by atoms with E-state index in [9.17, 15) is 17.3 Å². The zero-order valence-corrected chi connectivity index (χ0v) is 22.3. The summed E-state index contributed by atoms with van der Waals surface area (Å²) in [4.78, 5) is 2.11. The van der Waals surface area contributed by atoms with E-state index in [0.29, 0.717) is 25.0 Å². The average molecular weight is 550 g/mol. The van der Waals surface area contributed by atoms with Gasteiger partial charge in [0.15, 0.2) is 0 Å². The first-order chi connectivity index (χ1) is 19.3. The summed E-state index contributed by atoms with van der Waals surface area (Å²) < 4.78 is 53.7. The number of anilines is 2. The number of hydrogen-bond donors (Lipinski definition) is 0. The number of hydrogen-bond acceptors (Lipinski definition) is 3. The Kier molecular flexibility index (Phi) is 11.4. The first-order valence-electron chi connectivity index (χ1n) is 12.8. The smallest absolute Gasteiger partial charge is 0.479 e. The molecule has 0 aliphatic rings. The fraction of sp³-hybridized carbons (Fsp3) is 0.129. The van der Waals surface area contributed by atoms with E-state index in [2.05, 4.69) is 58.0 Å². The Bertz CT molecular complexity index is 1270. The van der Waals surface area contributed by atoms with Crippen LogP contribution in [0.2, 0.25) is 0 Å². The first kappa shape index (κ1) is 30.0. The minimum atomic E-state index is -6.00. The molecule has 0 fully saturated rings. The van der Waals surface area contributed by atoms with Gasteiger partial charge in [0.05, 0.1) is 13.2 Å². The third-order valence-electron chi connectivity index (χ3n) is 5.33. The Hall–Kier alpha value is -4.53. The Morgan fingerprint density at radius 2 is 0.975 bits per heavy atom. The number of benzene rings is 4. The largest absolute Gasteiger partial charge is 0.673 e. The molecule has 0 atom stereocenters. The second-order valence-electron chi connectivity index (χ2n) is 8.19. The molecule has 0 aliphatic heterocycles. The van der Waals surface area contributed by atoms with Gasteiger partial charge in [0, 0.05) is 35.6 Å². The van der Waals surface area contributed by atoms with Crippen molar-refractivity contribution in [2.75, 3.05) is 18.1 Å². The van der Waals surface area contributed by atoms with E-state index in [-0.39, 0.29) is 0 Å². The van der Waals surface area contributed by atoms with Crippen molar-refractivity contribution in [1.82, 2.24) is 4.58 Å². The van der Waals surface area contributed by atoms with Crippen LogP contribution in [-0.4, -0.2) is 26.4 Å². The van der Waals surface area contributed by atoms with Gasteiger partial charge in [0.2, 0.25) is 17.3 Å². The highest BCUT2D eigenvalue weighted by Gasteiger charge is 2.25. The second kappa shape index (κ2) is 15.2. The first-order valence-corrected chi connectivity index (χ1v) is 12.8. The van der Waals surface area contributed by atoms with Gasteiger partial charge in [0.1, 0.15) is 6.08 Å². The van der Waals surface area contributed by atoms with Crippen molar-refractivity contribution in [3.8, 4) is 0 Å². The van der Waals surface area contributed by atoms with Crippen molar-refractivity contribution in [2.45, 2.75) is 13.8 Å². The topological polar surface area (TPSA) is 24.7 Å². The minimum Gasteiger partial charge on any atom is -0.479 e. The van der Waals surface area contributed by atoms with Gasteiger partial charge in [0.25, 0.3) is 0 Å². The monoisotopic (exact) mass is 550 g/mol. The highest BCUT2D eigenvalue weighted by molar-refractivity contribution is 6.50. The maximum Gasteiger partial charge on any atom is 0.673 e. The minimum absolute atomic E-state index is 0.512. The number of ether oxygens (including phenoxy) is 2. The standard InChI is InChI=1S/C31H31N2O2.BF4/c1-3-34-30(32(26-17-9-5-10-18-26)27-19-11-6-12-20-27)25-31(35-4-2)33(28-21-13-7-14-22-28)29-23-15-8-16-24-29;2-1(3,4)5/h5-25H,3-4H2,1-2H3;/q+1;-1. The lowest BCUT2D eigenvalue weighted by atomic mass is 10.2. The van der Waals surface area contributed by atoms with Gasteiger partial charge >= 0.3 is 13.2 Å². The fourth-order valence-corrected chi connectivity index (χ4v) is 3.86. The zero-order chi connectivity index (χ0) is 28.8. The number of para-hydroxylation sites is 4. The second-order valence-corrected chi connectivity index (χ2v) is 8.19. The quantitative estimate of drug-likeness (QED) is 0.0519. The molecule has 0 saturated carbocycles. The molecular formula is C31H31BF4N2O2. The predicted octanol–water partition coefficient (Wildman–Crippen LogP) is 8.97. The normalized spacial score (nSPS) is 11.1. The van der Waals surface area contributed by atoms with Crippen LogP contribution in [-0.2, 0) is 9.47 Å². The zero-order valence-electron chi connectivity index (χ0n) is 22.3. The molecule has 4 aromatic carbocycles. The Labute approximate surface area is 232 Å². The van der Waals surface area contributed by atoms with Crippen LogP contribution in [0.1, 0.15) is 13.8 Å². The summed E-state index contributed by atoms with van der Waals surface area (Å²) in [7, 11) is -6.00. The molecule has 0 heterocycles.